The lowest BCUT2D eigenvalue weighted by molar-refractivity contribution is -0.138. The van der Waals surface area contributed by atoms with Gasteiger partial charge in [-0.2, -0.15) is 0 Å². The average molecular weight is 282 g/mol. The molecule has 3 N–H and O–H groups in total. The number of rotatable bonds is 5. The SMILES string of the molecule is CC(NC(=O)NC(=O)CCC(=O)O)C1CC2CCC1C2. The van der Waals surface area contributed by atoms with E-state index in [1.54, 1.807) is 0 Å². The van der Waals surface area contributed by atoms with Gasteiger partial charge >= 0.3 is 12.0 Å². The van der Waals surface area contributed by atoms with E-state index in [0.29, 0.717) is 11.8 Å². The Hall–Kier alpha value is -1.59. The van der Waals surface area contributed by atoms with Crippen molar-refractivity contribution in [2.75, 3.05) is 0 Å². The molecule has 2 fully saturated rings. The van der Waals surface area contributed by atoms with E-state index in [1.165, 1.54) is 25.7 Å². The Kier molecular flexibility index (Phi) is 4.62. The van der Waals surface area contributed by atoms with E-state index in [2.05, 4.69) is 10.6 Å². The van der Waals surface area contributed by atoms with Crippen LogP contribution < -0.4 is 10.6 Å². The first-order valence-electron chi connectivity index (χ1n) is 7.28. The zero-order valence-corrected chi connectivity index (χ0v) is 11.7. The van der Waals surface area contributed by atoms with Gasteiger partial charge in [-0.25, -0.2) is 4.79 Å². The summed E-state index contributed by atoms with van der Waals surface area (Å²) in [5, 5.41) is 13.5. The van der Waals surface area contributed by atoms with E-state index in [9.17, 15) is 14.4 Å². The Balaban J connectivity index is 1.71. The van der Waals surface area contributed by atoms with Gasteiger partial charge in [-0.05, 0) is 43.9 Å². The highest BCUT2D eigenvalue weighted by atomic mass is 16.4. The number of fused-ring (bicyclic) bond motifs is 2. The van der Waals surface area contributed by atoms with Crippen molar-refractivity contribution in [3.8, 4) is 0 Å². The van der Waals surface area contributed by atoms with Crippen molar-refractivity contribution in [1.82, 2.24) is 10.6 Å². The summed E-state index contributed by atoms with van der Waals surface area (Å²) in [6.45, 7) is 1.98. The zero-order valence-electron chi connectivity index (χ0n) is 11.7. The lowest BCUT2D eigenvalue weighted by Gasteiger charge is -2.28. The minimum Gasteiger partial charge on any atom is -0.481 e. The maximum atomic E-state index is 11.7. The van der Waals surface area contributed by atoms with Crippen LogP contribution in [0.1, 0.15) is 45.4 Å². The van der Waals surface area contributed by atoms with Gasteiger partial charge < -0.3 is 10.4 Å². The van der Waals surface area contributed by atoms with Crippen molar-refractivity contribution in [3.63, 3.8) is 0 Å². The van der Waals surface area contributed by atoms with Gasteiger partial charge in [0.1, 0.15) is 0 Å². The Morgan fingerprint density at radius 2 is 1.95 bits per heavy atom. The molecule has 0 saturated heterocycles. The Morgan fingerprint density at radius 3 is 2.50 bits per heavy atom. The number of aliphatic carboxylic acids is 1. The normalized spacial score (nSPS) is 28.9. The number of nitrogens with one attached hydrogen (secondary N) is 2. The minimum atomic E-state index is -1.05. The van der Waals surface area contributed by atoms with E-state index in [-0.39, 0.29) is 18.9 Å². The molecule has 6 heteroatoms. The van der Waals surface area contributed by atoms with Crippen LogP contribution in [0.25, 0.3) is 0 Å². The Morgan fingerprint density at radius 1 is 1.20 bits per heavy atom. The number of imide groups is 1. The molecule has 2 rings (SSSR count). The van der Waals surface area contributed by atoms with Gasteiger partial charge in [-0.3, -0.25) is 14.9 Å². The van der Waals surface area contributed by atoms with Crippen molar-refractivity contribution in [1.29, 1.82) is 0 Å². The maximum Gasteiger partial charge on any atom is 0.321 e. The number of carboxylic acid groups (broad SMARTS) is 1. The van der Waals surface area contributed by atoms with E-state index in [1.807, 2.05) is 6.92 Å². The van der Waals surface area contributed by atoms with Crippen molar-refractivity contribution in [2.24, 2.45) is 17.8 Å². The number of hydrogen-bond donors (Lipinski definition) is 3. The summed E-state index contributed by atoms with van der Waals surface area (Å²) in [4.78, 5) is 33.4. The van der Waals surface area contributed by atoms with Gasteiger partial charge in [-0.1, -0.05) is 6.42 Å². The van der Waals surface area contributed by atoms with Gasteiger partial charge in [0, 0.05) is 12.5 Å². The minimum absolute atomic E-state index is 0.0533. The van der Waals surface area contributed by atoms with Crippen LogP contribution in [-0.2, 0) is 9.59 Å². The Labute approximate surface area is 118 Å². The average Bonchev–Trinajstić information content (AvgIpc) is 2.98. The van der Waals surface area contributed by atoms with Gasteiger partial charge in [0.05, 0.1) is 6.42 Å². The summed E-state index contributed by atoms with van der Waals surface area (Å²) in [5.41, 5.74) is 0. The summed E-state index contributed by atoms with van der Waals surface area (Å²) in [6, 6.07) is -0.465. The highest BCUT2D eigenvalue weighted by Crippen LogP contribution is 2.49. The monoisotopic (exact) mass is 282 g/mol. The second-order valence-corrected chi connectivity index (χ2v) is 6.04. The third-order valence-electron chi connectivity index (χ3n) is 4.61. The molecular formula is C14H22N2O4. The molecule has 4 atom stereocenters. The molecule has 6 nitrogen and oxygen atoms in total. The van der Waals surface area contributed by atoms with Crippen molar-refractivity contribution >= 4 is 17.9 Å². The number of carbonyl (C=O) groups is 3. The molecule has 0 aromatic heterocycles. The van der Waals surface area contributed by atoms with Gasteiger partial charge in [0.15, 0.2) is 0 Å². The molecule has 0 heterocycles. The van der Waals surface area contributed by atoms with E-state index in [4.69, 9.17) is 5.11 Å². The first-order valence-corrected chi connectivity index (χ1v) is 7.28. The fourth-order valence-corrected chi connectivity index (χ4v) is 3.67. The maximum absolute atomic E-state index is 11.7. The Bertz CT molecular complexity index is 410. The molecule has 112 valence electrons. The molecule has 2 bridgehead atoms. The van der Waals surface area contributed by atoms with Crippen LogP contribution in [0, 0.1) is 17.8 Å². The smallest absolute Gasteiger partial charge is 0.321 e. The largest absolute Gasteiger partial charge is 0.481 e. The molecule has 0 radical (unpaired) electrons. The van der Waals surface area contributed by atoms with Crippen LogP contribution in [0.5, 0.6) is 0 Å². The molecule has 0 spiro atoms. The predicted octanol–water partition coefficient (Wildman–Crippen LogP) is 1.50. The van der Waals surface area contributed by atoms with Gasteiger partial charge in [-0.15, -0.1) is 0 Å². The van der Waals surface area contributed by atoms with E-state index >= 15 is 0 Å². The fourth-order valence-electron chi connectivity index (χ4n) is 3.67. The number of hydrogen-bond acceptors (Lipinski definition) is 3. The fraction of sp³-hybridized carbons (Fsp3) is 0.786. The molecule has 0 aliphatic heterocycles. The van der Waals surface area contributed by atoms with Crippen LogP contribution in [0.4, 0.5) is 4.79 Å². The molecule has 2 aliphatic carbocycles. The molecule has 2 aliphatic rings. The van der Waals surface area contributed by atoms with Crippen LogP contribution in [-0.4, -0.2) is 29.1 Å². The third-order valence-corrected chi connectivity index (χ3v) is 4.61. The number of carbonyl (C=O) groups excluding carboxylic acids is 2. The van der Waals surface area contributed by atoms with Crippen molar-refractivity contribution in [3.05, 3.63) is 0 Å². The van der Waals surface area contributed by atoms with Crippen molar-refractivity contribution in [2.45, 2.75) is 51.5 Å². The molecular weight excluding hydrogens is 260 g/mol. The summed E-state index contributed by atoms with van der Waals surface area (Å²) in [7, 11) is 0. The zero-order chi connectivity index (χ0) is 14.7. The van der Waals surface area contributed by atoms with Crippen LogP contribution in [0.2, 0.25) is 0 Å². The van der Waals surface area contributed by atoms with Gasteiger partial charge in [0.25, 0.3) is 0 Å². The molecule has 20 heavy (non-hydrogen) atoms. The van der Waals surface area contributed by atoms with E-state index in [0.717, 1.165) is 5.92 Å². The topological polar surface area (TPSA) is 95.5 Å². The second-order valence-electron chi connectivity index (χ2n) is 6.04. The number of urea groups is 1. The molecule has 4 unspecified atom stereocenters. The first kappa shape index (κ1) is 14.8. The third kappa shape index (κ3) is 3.71. The summed E-state index contributed by atoms with van der Waals surface area (Å²) in [5.74, 6) is 0.432. The highest BCUT2D eigenvalue weighted by Gasteiger charge is 2.42. The van der Waals surface area contributed by atoms with Crippen LogP contribution in [0.3, 0.4) is 0 Å². The molecule has 0 aromatic rings. The standard InChI is InChI=1S/C14H22N2O4/c1-8(11-7-9-2-3-10(11)6-9)15-14(20)16-12(17)4-5-13(18)19/h8-11H,2-7H2,1H3,(H,18,19)(H2,15,16,17,20). The molecule has 3 amide bonds. The summed E-state index contributed by atoms with van der Waals surface area (Å²) >= 11 is 0. The van der Waals surface area contributed by atoms with E-state index < -0.39 is 17.9 Å². The number of carboxylic acids is 1. The van der Waals surface area contributed by atoms with Crippen molar-refractivity contribution < 1.29 is 19.5 Å². The highest BCUT2D eigenvalue weighted by molar-refractivity contribution is 5.95. The lowest BCUT2D eigenvalue weighted by Crippen LogP contribution is -2.47. The molecule has 2 saturated carbocycles. The lowest BCUT2D eigenvalue weighted by atomic mass is 9.84. The summed E-state index contributed by atoms with van der Waals surface area (Å²) in [6.07, 6.45) is 4.56. The second kappa shape index (κ2) is 6.24. The predicted molar refractivity (Wildman–Crippen MR) is 71.9 cm³/mol. The number of amides is 3. The molecule has 0 aromatic carbocycles. The summed E-state index contributed by atoms with van der Waals surface area (Å²) < 4.78 is 0. The van der Waals surface area contributed by atoms with Gasteiger partial charge in [0.2, 0.25) is 5.91 Å². The first-order chi connectivity index (χ1) is 9.45. The van der Waals surface area contributed by atoms with Crippen LogP contribution >= 0.6 is 0 Å². The quantitative estimate of drug-likeness (QED) is 0.712. The van der Waals surface area contributed by atoms with Crippen LogP contribution in [0.15, 0.2) is 0 Å².